The maximum Gasteiger partial charge on any atom is 0.303 e. The molecular formula is C22H32N4O3. The van der Waals surface area contributed by atoms with Crippen LogP contribution in [-0.4, -0.2) is 37.7 Å². The summed E-state index contributed by atoms with van der Waals surface area (Å²) >= 11 is 0. The molecule has 0 amide bonds. The van der Waals surface area contributed by atoms with Gasteiger partial charge in [-0.1, -0.05) is 31.7 Å². The van der Waals surface area contributed by atoms with Crippen LogP contribution in [0.1, 0.15) is 74.6 Å². The van der Waals surface area contributed by atoms with Gasteiger partial charge in [-0.05, 0) is 50.3 Å². The van der Waals surface area contributed by atoms with Crippen molar-refractivity contribution < 1.29 is 15.0 Å². The zero-order valence-corrected chi connectivity index (χ0v) is 17.2. The number of nitrogens with zero attached hydrogens (tertiary/aromatic N) is 3. The third-order valence-electron chi connectivity index (χ3n) is 4.82. The topological polar surface area (TPSA) is 108 Å². The molecule has 0 saturated heterocycles. The van der Waals surface area contributed by atoms with Crippen molar-refractivity contribution in [3.05, 3.63) is 47.7 Å². The largest absolute Gasteiger partial charge is 0.481 e. The number of pyridine rings is 1. The van der Waals surface area contributed by atoms with Crippen molar-refractivity contribution in [1.82, 2.24) is 15.0 Å². The number of carboxylic acid groups (broad SMARTS) is 1. The molecule has 3 rings (SSSR count). The molecule has 0 aliphatic carbocycles. The summed E-state index contributed by atoms with van der Waals surface area (Å²) in [6.45, 7) is 2.82. The maximum atomic E-state index is 10.4. The van der Waals surface area contributed by atoms with Crippen LogP contribution in [0.25, 0.3) is 0 Å². The average molecular weight is 401 g/mol. The third-order valence-corrected chi connectivity index (χ3v) is 4.82. The van der Waals surface area contributed by atoms with Gasteiger partial charge in [0.2, 0.25) is 0 Å². The second-order valence-corrected chi connectivity index (χ2v) is 7.29. The van der Waals surface area contributed by atoms with Crippen LogP contribution in [0, 0.1) is 6.92 Å². The molecule has 1 aliphatic heterocycles. The molecule has 0 bridgehead atoms. The first-order valence-corrected chi connectivity index (χ1v) is 10.4. The van der Waals surface area contributed by atoms with Crippen molar-refractivity contribution >= 4 is 11.8 Å². The average Bonchev–Trinajstić information content (AvgIpc) is 2.73. The van der Waals surface area contributed by atoms with Gasteiger partial charge in [-0.2, -0.15) is 0 Å². The highest BCUT2D eigenvalue weighted by Crippen LogP contribution is 2.24. The predicted octanol–water partition coefficient (Wildman–Crippen LogP) is 4.07. The minimum atomic E-state index is -0.720. The molecule has 2 aromatic rings. The lowest BCUT2D eigenvalue weighted by Crippen LogP contribution is -2.14. The number of nitrogens with one attached hydrogen (secondary N) is 1. The highest BCUT2D eigenvalue weighted by molar-refractivity contribution is 5.66. The monoisotopic (exact) mass is 400 g/mol. The van der Waals surface area contributed by atoms with E-state index in [0.29, 0.717) is 6.42 Å². The summed E-state index contributed by atoms with van der Waals surface area (Å²) in [6, 6.07) is 5.80. The molecule has 0 saturated carbocycles. The Morgan fingerprint density at radius 2 is 1.86 bits per heavy atom. The summed E-state index contributed by atoms with van der Waals surface area (Å²) in [6.07, 6.45) is 10.8. The molecule has 29 heavy (non-hydrogen) atoms. The fourth-order valence-corrected chi connectivity index (χ4v) is 3.19. The van der Waals surface area contributed by atoms with Gasteiger partial charge in [-0.3, -0.25) is 4.79 Å². The minimum absolute atomic E-state index is 0.259. The number of rotatable bonds is 9. The Balaban J connectivity index is 0.000000360. The number of aromatic nitrogens is 3. The summed E-state index contributed by atoms with van der Waals surface area (Å²) in [7, 11) is 0. The van der Waals surface area contributed by atoms with Gasteiger partial charge in [0.1, 0.15) is 11.6 Å². The summed E-state index contributed by atoms with van der Waals surface area (Å²) in [4.78, 5) is 22.7. The normalized spacial score (nSPS) is 13.4. The summed E-state index contributed by atoms with van der Waals surface area (Å²) < 4.78 is 0. The van der Waals surface area contributed by atoms with Gasteiger partial charge in [0.15, 0.2) is 0 Å². The van der Waals surface area contributed by atoms with Crippen molar-refractivity contribution in [2.45, 2.75) is 70.8 Å². The Hall–Kier alpha value is -2.54. The number of carbonyl (C=O) groups is 1. The first-order chi connectivity index (χ1) is 14.1. The van der Waals surface area contributed by atoms with E-state index in [9.17, 15) is 9.90 Å². The smallest absolute Gasteiger partial charge is 0.303 e. The fourth-order valence-electron chi connectivity index (χ4n) is 3.19. The van der Waals surface area contributed by atoms with Crippen molar-refractivity contribution in [2.24, 2.45) is 0 Å². The lowest BCUT2D eigenvalue weighted by atomic mass is 10.0. The third kappa shape index (κ3) is 9.00. The molecule has 0 radical (unpaired) electrons. The van der Waals surface area contributed by atoms with Crippen molar-refractivity contribution in [2.75, 3.05) is 11.9 Å². The quantitative estimate of drug-likeness (QED) is 0.544. The summed E-state index contributed by atoms with van der Waals surface area (Å²) in [5.41, 5.74) is 1.99. The molecule has 3 heterocycles. The fraction of sp³-hybridized carbons (Fsp3) is 0.545. The van der Waals surface area contributed by atoms with Crippen LogP contribution < -0.4 is 5.32 Å². The highest BCUT2D eigenvalue weighted by atomic mass is 16.4. The number of carboxylic acids is 1. The van der Waals surface area contributed by atoms with E-state index < -0.39 is 12.1 Å². The molecule has 3 N–H and O–H groups in total. The zero-order valence-electron chi connectivity index (χ0n) is 17.2. The molecule has 2 aromatic heterocycles. The molecular weight excluding hydrogens is 368 g/mol. The van der Waals surface area contributed by atoms with E-state index in [-0.39, 0.29) is 6.42 Å². The second kappa shape index (κ2) is 12.8. The van der Waals surface area contributed by atoms with Gasteiger partial charge < -0.3 is 15.5 Å². The molecule has 7 heteroatoms. The number of hydrogen-bond donors (Lipinski definition) is 3. The minimum Gasteiger partial charge on any atom is -0.481 e. The van der Waals surface area contributed by atoms with Gasteiger partial charge in [0, 0.05) is 25.4 Å². The Morgan fingerprint density at radius 1 is 1.14 bits per heavy atom. The molecule has 7 nitrogen and oxygen atoms in total. The van der Waals surface area contributed by atoms with Crippen LogP contribution >= 0.6 is 0 Å². The molecule has 0 fully saturated rings. The van der Waals surface area contributed by atoms with E-state index in [1.807, 2.05) is 13.0 Å². The standard InChI is InChI=1S/C17H26N2O3.C5H6N2/c20-15(8-4-2-1-3-5-9-16(21)22)14-11-10-13-7-6-12-18-17(13)19-14;1-5-6-3-2-4-7-5/h10-11,15,20H,1-9,12H2,(H,18,19)(H,21,22);2-4H,1H3. The van der Waals surface area contributed by atoms with Gasteiger partial charge in [0.25, 0.3) is 0 Å². The number of hydrogen-bond acceptors (Lipinski definition) is 6. The molecule has 1 atom stereocenters. The second-order valence-electron chi connectivity index (χ2n) is 7.29. The van der Waals surface area contributed by atoms with Crippen LogP contribution in [0.5, 0.6) is 0 Å². The molecule has 1 aliphatic rings. The van der Waals surface area contributed by atoms with Crippen LogP contribution in [0.15, 0.2) is 30.6 Å². The Labute approximate surface area is 172 Å². The van der Waals surface area contributed by atoms with Crippen molar-refractivity contribution in [3.8, 4) is 0 Å². The SMILES string of the molecule is Cc1ncccn1.O=C(O)CCCCCCCC(O)c1ccc2c(n1)NCCC2. The van der Waals surface area contributed by atoms with Crippen LogP contribution in [0.3, 0.4) is 0 Å². The van der Waals surface area contributed by atoms with E-state index in [1.54, 1.807) is 18.5 Å². The first-order valence-electron chi connectivity index (χ1n) is 10.4. The lowest BCUT2D eigenvalue weighted by molar-refractivity contribution is -0.137. The molecule has 0 aromatic carbocycles. The first kappa shape index (κ1) is 22.7. The molecule has 0 spiro atoms. The predicted molar refractivity (Wildman–Crippen MR) is 113 cm³/mol. The van der Waals surface area contributed by atoms with Gasteiger partial charge in [-0.15, -0.1) is 0 Å². The van der Waals surface area contributed by atoms with Gasteiger partial charge in [-0.25, -0.2) is 15.0 Å². The van der Waals surface area contributed by atoms with Crippen molar-refractivity contribution in [1.29, 1.82) is 0 Å². The summed E-state index contributed by atoms with van der Waals surface area (Å²) in [5.74, 6) is 1.03. The van der Waals surface area contributed by atoms with Crippen LogP contribution in [0.4, 0.5) is 5.82 Å². The Morgan fingerprint density at radius 3 is 2.55 bits per heavy atom. The Bertz CT molecular complexity index is 740. The number of anilines is 1. The highest BCUT2D eigenvalue weighted by Gasteiger charge is 2.14. The number of aliphatic hydroxyl groups is 1. The maximum absolute atomic E-state index is 10.4. The van der Waals surface area contributed by atoms with E-state index >= 15 is 0 Å². The number of unbranched alkanes of at least 4 members (excludes halogenated alkanes) is 4. The van der Waals surface area contributed by atoms with Crippen LogP contribution in [0.2, 0.25) is 0 Å². The summed E-state index contributed by atoms with van der Waals surface area (Å²) in [5, 5.41) is 22.1. The lowest BCUT2D eigenvalue weighted by Gasteiger charge is -2.19. The van der Waals surface area contributed by atoms with E-state index in [4.69, 9.17) is 5.11 Å². The number of aryl methyl sites for hydroxylation is 2. The molecule has 1 unspecified atom stereocenters. The zero-order chi connectivity index (χ0) is 20.9. The van der Waals surface area contributed by atoms with E-state index in [1.165, 1.54) is 5.56 Å². The van der Waals surface area contributed by atoms with Crippen molar-refractivity contribution in [3.63, 3.8) is 0 Å². The van der Waals surface area contributed by atoms with Gasteiger partial charge >= 0.3 is 5.97 Å². The Kier molecular flexibility index (Phi) is 10.1. The van der Waals surface area contributed by atoms with E-state index in [2.05, 4.69) is 26.3 Å². The molecule has 158 valence electrons. The number of aliphatic hydroxyl groups excluding tert-OH is 1. The van der Waals surface area contributed by atoms with Gasteiger partial charge in [0.05, 0.1) is 11.8 Å². The number of fused-ring (bicyclic) bond motifs is 1. The van der Waals surface area contributed by atoms with E-state index in [0.717, 1.165) is 68.8 Å². The number of aliphatic carboxylic acids is 1. The van der Waals surface area contributed by atoms with Crippen LogP contribution in [-0.2, 0) is 11.2 Å².